The summed E-state index contributed by atoms with van der Waals surface area (Å²) in [5.41, 5.74) is 7.39. The average molecular weight is 292 g/mol. The van der Waals surface area contributed by atoms with E-state index in [1.807, 2.05) is 29.2 Å². The summed E-state index contributed by atoms with van der Waals surface area (Å²) in [6, 6.07) is 7.79. The van der Waals surface area contributed by atoms with E-state index in [0.29, 0.717) is 17.3 Å². The maximum Gasteiger partial charge on any atom is 0.227 e. The van der Waals surface area contributed by atoms with Gasteiger partial charge in [0.2, 0.25) is 5.91 Å². The van der Waals surface area contributed by atoms with E-state index in [0.717, 1.165) is 17.7 Å². The summed E-state index contributed by atoms with van der Waals surface area (Å²) in [5, 5.41) is 0. The molecule has 0 atom stereocenters. The molecule has 0 aliphatic rings. The monoisotopic (exact) mass is 292 g/mol. The maximum absolute atomic E-state index is 12.4. The Labute approximate surface area is 127 Å². The van der Waals surface area contributed by atoms with Crippen LogP contribution in [0.3, 0.4) is 0 Å². The van der Waals surface area contributed by atoms with Crippen LogP contribution in [-0.4, -0.2) is 28.4 Å². The van der Waals surface area contributed by atoms with Crippen LogP contribution in [0, 0.1) is 5.92 Å². The Morgan fingerprint density at radius 1 is 1.20 bits per heavy atom. The van der Waals surface area contributed by atoms with Crippen molar-refractivity contribution in [1.82, 2.24) is 4.90 Å². The molecule has 0 radical (unpaired) electrons. The molecule has 0 aliphatic heterocycles. The molecule has 110 valence electrons. The first-order valence-corrected chi connectivity index (χ1v) is 7.40. The number of carbonyl (C=O) groups is 1. The van der Waals surface area contributed by atoms with Crippen molar-refractivity contribution in [2.45, 2.75) is 40.2 Å². The lowest BCUT2D eigenvalue weighted by atomic mass is 10.1. The Hall–Kier alpha value is -1.42. The van der Waals surface area contributed by atoms with E-state index in [4.69, 9.17) is 18.0 Å². The van der Waals surface area contributed by atoms with Gasteiger partial charge in [0, 0.05) is 18.2 Å². The number of benzene rings is 1. The predicted molar refractivity (Wildman–Crippen MR) is 87.7 cm³/mol. The van der Waals surface area contributed by atoms with Gasteiger partial charge in [-0.1, -0.05) is 50.3 Å². The molecule has 2 N–H and O–H groups in total. The van der Waals surface area contributed by atoms with Crippen LogP contribution < -0.4 is 5.73 Å². The van der Waals surface area contributed by atoms with Crippen molar-refractivity contribution >= 4 is 23.1 Å². The second kappa shape index (κ2) is 7.39. The van der Waals surface area contributed by atoms with Crippen molar-refractivity contribution in [2.75, 3.05) is 6.54 Å². The van der Waals surface area contributed by atoms with Crippen molar-refractivity contribution in [3.05, 3.63) is 35.4 Å². The number of rotatable bonds is 6. The average Bonchev–Trinajstić information content (AvgIpc) is 2.35. The normalized spacial score (nSPS) is 10.9. The third-order valence-electron chi connectivity index (χ3n) is 3.10. The van der Waals surface area contributed by atoms with E-state index < -0.39 is 0 Å². The highest BCUT2D eigenvalue weighted by Crippen LogP contribution is 2.10. The fourth-order valence-corrected chi connectivity index (χ4v) is 2.19. The minimum Gasteiger partial charge on any atom is -0.389 e. The second-order valence-electron chi connectivity index (χ2n) is 5.77. The Morgan fingerprint density at radius 2 is 1.75 bits per heavy atom. The second-order valence-corrected chi connectivity index (χ2v) is 6.21. The van der Waals surface area contributed by atoms with Crippen molar-refractivity contribution in [3.8, 4) is 0 Å². The summed E-state index contributed by atoms with van der Waals surface area (Å²) in [6.07, 6.45) is 0.419. The van der Waals surface area contributed by atoms with Gasteiger partial charge in [-0.15, -0.1) is 0 Å². The summed E-state index contributed by atoms with van der Waals surface area (Å²) in [4.78, 5) is 14.7. The third kappa shape index (κ3) is 4.93. The molecule has 0 saturated heterocycles. The van der Waals surface area contributed by atoms with E-state index in [-0.39, 0.29) is 11.9 Å². The molecule has 3 nitrogen and oxygen atoms in total. The third-order valence-corrected chi connectivity index (χ3v) is 3.34. The smallest absolute Gasteiger partial charge is 0.227 e. The van der Waals surface area contributed by atoms with Gasteiger partial charge in [-0.2, -0.15) is 0 Å². The molecule has 1 rings (SSSR count). The topological polar surface area (TPSA) is 46.3 Å². The number of carbonyl (C=O) groups excluding carboxylic acids is 1. The standard InChI is InChI=1S/C16H24N2OS/c1-11(2)10-18(12(3)4)15(19)9-13-5-7-14(8-6-13)16(17)20/h5-8,11-12H,9-10H2,1-4H3,(H2,17,20). The Balaban J connectivity index is 2.75. The molecule has 0 spiro atoms. The highest BCUT2D eigenvalue weighted by Gasteiger charge is 2.18. The Bertz CT molecular complexity index is 466. The molecule has 0 saturated carbocycles. The lowest BCUT2D eigenvalue weighted by Crippen LogP contribution is -2.40. The van der Waals surface area contributed by atoms with Crippen LogP contribution in [0.1, 0.15) is 38.8 Å². The molecule has 0 unspecified atom stereocenters. The van der Waals surface area contributed by atoms with Crippen LogP contribution in [-0.2, 0) is 11.2 Å². The fourth-order valence-electron chi connectivity index (χ4n) is 2.06. The van der Waals surface area contributed by atoms with Gasteiger partial charge >= 0.3 is 0 Å². The van der Waals surface area contributed by atoms with Crippen LogP contribution in [0.15, 0.2) is 24.3 Å². The SMILES string of the molecule is CC(C)CN(C(=O)Cc1ccc(C(N)=S)cc1)C(C)C. The van der Waals surface area contributed by atoms with Gasteiger partial charge in [0.25, 0.3) is 0 Å². The molecule has 20 heavy (non-hydrogen) atoms. The molecule has 0 aromatic heterocycles. The first-order valence-electron chi connectivity index (χ1n) is 6.99. The first kappa shape index (κ1) is 16.6. The minimum absolute atomic E-state index is 0.164. The van der Waals surface area contributed by atoms with Gasteiger partial charge in [-0.05, 0) is 25.3 Å². The molecule has 0 bridgehead atoms. The number of thiocarbonyl (C=S) groups is 1. The zero-order valence-electron chi connectivity index (χ0n) is 12.7. The van der Waals surface area contributed by atoms with Crippen LogP contribution in [0.2, 0.25) is 0 Å². The molecule has 1 aromatic carbocycles. The number of hydrogen-bond donors (Lipinski definition) is 1. The van der Waals surface area contributed by atoms with Gasteiger partial charge in [-0.25, -0.2) is 0 Å². The van der Waals surface area contributed by atoms with Gasteiger partial charge < -0.3 is 10.6 Å². The van der Waals surface area contributed by atoms with E-state index >= 15 is 0 Å². The molecular weight excluding hydrogens is 268 g/mol. The van der Waals surface area contributed by atoms with E-state index in [1.165, 1.54) is 0 Å². The van der Waals surface area contributed by atoms with Crippen LogP contribution >= 0.6 is 12.2 Å². The van der Waals surface area contributed by atoms with Gasteiger partial charge in [0.05, 0.1) is 6.42 Å². The quantitative estimate of drug-likeness (QED) is 0.820. The van der Waals surface area contributed by atoms with Crippen LogP contribution in [0.25, 0.3) is 0 Å². The minimum atomic E-state index is 0.164. The summed E-state index contributed by atoms with van der Waals surface area (Å²) in [7, 11) is 0. The van der Waals surface area contributed by atoms with Crippen LogP contribution in [0.4, 0.5) is 0 Å². The number of nitrogens with two attached hydrogens (primary N) is 1. The molecule has 0 heterocycles. The summed E-state index contributed by atoms with van der Waals surface area (Å²) in [5.74, 6) is 0.634. The summed E-state index contributed by atoms with van der Waals surface area (Å²) >= 11 is 4.92. The fraction of sp³-hybridized carbons (Fsp3) is 0.500. The van der Waals surface area contributed by atoms with Gasteiger partial charge in [0.15, 0.2) is 0 Å². The highest BCUT2D eigenvalue weighted by molar-refractivity contribution is 7.80. The molecule has 4 heteroatoms. The van der Waals surface area contributed by atoms with Gasteiger partial charge in [-0.3, -0.25) is 4.79 Å². The van der Waals surface area contributed by atoms with Crippen molar-refractivity contribution in [2.24, 2.45) is 11.7 Å². The molecule has 0 fully saturated rings. The lowest BCUT2D eigenvalue weighted by Gasteiger charge is -2.28. The highest BCUT2D eigenvalue weighted by atomic mass is 32.1. The predicted octanol–water partition coefficient (Wildman–Crippen LogP) is 2.76. The van der Waals surface area contributed by atoms with Gasteiger partial charge in [0.1, 0.15) is 4.99 Å². The summed E-state index contributed by atoms with van der Waals surface area (Å²) in [6.45, 7) is 9.15. The van der Waals surface area contributed by atoms with Crippen molar-refractivity contribution in [3.63, 3.8) is 0 Å². The van der Waals surface area contributed by atoms with Crippen LogP contribution in [0.5, 0.6) is 0 Å². The number of nitrogens with zero attached hydrogens (tertiary/aromatic N) is 1. The van der Waals surface area contributed by atoms with Crippen molar-refractivity contribution < 1.29 is 4.79 Å². The first-order chi connectivity index (χ1) is 9.31. The largest absolute Gasteiger partial charge is 0.389 e. The molecule has 1 amide bonds. The zero-order valence-corrected chi connectivity index (χ0v) is 13.5. The Morgan fingerprint density at radius 3 is 2.15 bits per heavy atom. The molecule has 1 aromatic rings. The lowest BCUT2D eigenvalue weighted by molar-refractivity contribution is -0.132. The number of amides is 1. The van der Waals surface area contributed by atoms with E-state index in [2.05, 4.69) is 27.7 Å². The van der Waals surface area contributed by atoms with E-state index in [1.54, 1.807) is 0 Å². The van der Waals surface area contributed by atoms with E-state index in [9.17, 15) is 4.79 Å². The summed E-state index contributed by atoms with van der Waals surface area (Å²) < 4.78 is 0. The van der Waals surface area contributed by atoms with Crippen molar-refractivity contribution in [1.29, 1.82) is 0 Å². The zero-order chi connectivity index (χ0) is 15.3. The molecule has 0 aliphatic carbocycles. The number of hydrogen-bond acceptors (Lipinski definition) is 2. The molecular formula is C16H24N2OS. The maximum atomic E-state index is 12.4. The Kier molecular flexibility index (Phi) is 6.14.